The average Bonchev–Trinajstić information content (AvgIpc) is 2.35. The van der Waals surface area contributed by atoms with Crippen molar-refractivity contribution in [3.8, 4) is 0 Å². The summed E-state index contributed by atoms with van der Waals surface area (Å²) < 4.78 is 5.12. The predicted molar refractivity (Wildman–Crippen MR) is 77.6 cm³/mol. The van der Waals surface area contributed by atoms with E-state index in [-0.39, 0.29) is 11.8 Å². The Bertz CT molecular complexity index is 417. The van der Waals surface area contributed by atoms with E-state index in [0.717, 1.165) is 0 Å². The molecule has 0 spiro atoms. The first-order chi connectivity index (χ1) is 9.65. The van der Waals surface area contributed by atoms with E-state index in [2.05, 4.69) is 10.6 Å². The number of amides is 3. The van der Waals surface area contributed by atoms with Crippen molar-refractivity contribution in [3.63, 3.8) is 0 Å². The van der Waals surface area contributed by atoms with Gasteiger partial charge in [0.1, 0.15) is 17.7 Å². The smallest absolute Gasteiger partial charge is 0.408 e. The molecule has 3 amide bonds. The minimum absolute atomic E-state index is 0.151. The third-order valence-corrected chi connectivity index (χ3v) is 3.10. The largest absolute Gasteiger partial charge is 0.444 e. The van der Waals surface area contributed by atoms with Crippen LogP contribution in [0.15, 0.2) is 0 Å². The first-order valence-electron chi connectivity index (χ1n) is 7.23. The van der Waals surface area contributed by atoms with Crippen LogP contribution in [-0.2, 0) is 14.3 Å². The number of hydrogen-bond donors (Lipinski definition) is 2. The number of piperazine rings is 1. The Labute approximate surface area is 125 Å². The Morgan fingerprint density at radius 1 is 1.48 bits per heavy atom. The van der Waals surface area contributed by atoms with Crippen LogP contribution < -0.4 is 10.6 Å². The van der Waals surface area contributed by atoms with Crippen molar-refractivity contribution in [2.24, 2.45) is 0 Å². The van der Waals surface area contributed by atoms with Crippen molar-refractivity contribution >= 4 is 17.9 Å². The molecule has 0 aromatic heterocycles. The summed E-state index contributed by atoms with van der Waals surface area (Å²) >= 11 is 0. The minimum Gasteiger partial charge on any atom is -0.444 e. The van der Waals surface area contributed by atoms with Crippen molar-refractivity contribution in [2.75, 3.05) is 13.1 Å². The minimum atomic E-state index is -0.736. The molecule has 2 atom stereocenters. The summed E-state index contributed by atoms with van der Waals surface area (Å²) in [5.41, 5.74) is -0.621. The van der Waals surface area contributed by atoms with Crippen molar-refractivity contribution in [1.82, 2.24) is 15.5 Å². The maximum atomic E-state index is 12.4. The SMILES string of the molecule is CCC1C(=O)NCCN1C(=O)C(C)NC(=O)OC(C)(C)C. The van der Waals surface area contributed by atoms with Crippen molar-refractivity contribution in [1.29, 1.82) is 0 Å². The second-order valence-electron chi connectivity index (χ2n) is 6.11. The van der Waals surface area contributed by atoms with E-state index < -0.39 is 23.8 Å². The van der Waals surface area contributed by atoms with Gasteiger partial charge in [-0.05, 0) is 34.1 Å². The lowest BCUT2D eigenvalue weighted by Gasteiger charge is -2.36. The lowest BCUT2D eigenvalue weighted by atomic mass is 10.1. The fourth-order valence-corrected chi connectivity index (χ4v) is 2.18. The number of nitrogens with one attached hydrogen (secondary N) is 2. The molecule has 0 aromatic rings. The number of ether oxygens (including phenoxy) is 1. The fraction of sp³-hybridized carbons (Fsp3) is 0.786. The molecule has 7 heteroatoms. The topological polar surface area (TPSA) is 87.7 Å². The molecular formula is C14H25N3O4. The van der Waals surface area contributed by atoms with E-state index in [4.69, 9.17) is 4.74 Å². The molecule has 0 aliphatic carbocycles. The summed E-state index contributed by atoms with van der Waals surface area (Å²) in [6.07, 6.45) is -0.102. The standard InChI is InChI=1S/C14H25N3O4/c1-6-10-11(18)15-7-8-17(10)12(19)9(2)16-13(20)21-14(3,4)5/h9-10H,6-8H2,1-5H3,(H,15,18)(H,16,20). The molecule has 0 bridgehead atoms. The van der Waals surface area contributed by atoms with Gasteiger partial charge in [0.2, 0.25) is 11.8 Å². The Morgan fingerprint density at radius 3 is 2.62 bits per heavy atom. The summed E-state index contributed by atoms with van der Waals surface area (Å²) in [6, 6.07) is -1.21. The number of alkyl carbamates (subject to hydrolysis) is 1. The molecule has 0 radical (unpaired) electrons. The average molecular weight is 299 g/mol. The van der Waals surface area contributed by atoms with Gasteiger partial charge < -0.3 is 20.3 Å². The van der Waals surface area contributed by atoms with Crippen LogP contribution in [0.4, 0.5) is 4.79 Å². The highest BCUT2D eigenvalue weighted by atomic mass is 16.6. The molecule has 1 aliphatic rings. The Kier molecular flexibility index (Phi) is 5.57. The molecule has 120 valence electrons. The zero-order valence-corrected chi connectivity index (χ0v) is 13.4. The Morgan fingerprint density at radius 2 is 2.10 bits per heavy atom. The highest BCUT2D eigenvalue weighted by Crippen LogP contribution is 2.11. The third-order valence-electron chi connectivity index (χ3n) is 3.10. The van der Waals surface area contributed by atoms with Crippen LogP contribution in [0, 0.1) is 0 Å². The van der Waals surface area contributed by atoms with Crippen LogP contribution >= 0.6 is 0 Å². The van der Waals surface area contributed by atoms with Gasteiger partial charge in [-0.3, -0.25) is 9.59 Å². The van der Waals surface area contributed by atoms with E-state index in [1.807, 2.05) is 6.92 Å². The Balaban J connectivity index is 2.64. The molecule has 1 rings (SSSR count). The van der Waals surface area contributed by atoms with Gasteiger partial charge in [-0.1, -0.05) is 6.92 Å². The van der Waals surface area contributed by atoms with Crippen molar-refractivity contribution in [3.05, 3.63) is 0 Å². The van der Waals surface area contributed by atoms with E-state index in [0.29, 0.717) is 19.5 Å². The molecule has 1 fully saturated rings. The summed E-state index contributed by atoms with van der Waals surface area (Å²) in [6.45, 7) is 9.57. The Hall–Kier alpha value is -1.79. The second kappa shape index (κ2) is 6.78. The van der Waals surface area contributed by atoms with Crippen molar-refractivity contribution in [2.45, 2.75) is 58.7 Å². The zero-order valence-electron chi connectivity index (χ0n) is 13.4. The molecule has 1 saturated heterocycles. The van der Waals surface area contributed by atoms with Crippen LogP contribution in [0.3, 0.4) is 0 Å². The molecular weight excluding hydrogens is 274 g/mol. The molecule has 0 aromatic carbocycles. The number of nitrogens with zero attached hydrogens (tertiary/aromatic N) is 1. The zero-order chi connectivity index (χ0) is 16.2. The van der Waals surface area contributed by atoms with Gasteiger partial charge >= 0.3 is 6.09 Å². The van der Waals surface area contributed by atoms with Gasteiger partial charge in [-0.2, -0.15) is 0 Å². The molecule has 0 saturated carbocycles. The molecule has 1 aliphatic heterocycles. The van der Waals surface area contributed by atoms with E-state index in [9.17, 15) is 14.4 Å². The van der Waals surface area contributed by atoms with Gasteiger partial charge in [-0.25, -0.2) is 4.79 Å². The molecule has 21 heavy (non-hydrogen) atoms. The maximum absolute atomic E-state index is 12.4. The highest BCUT2D eigenvalue weighted by Gasteiger charge is 2.34. The van der Waals surface area contributed by atoms with Crippen LogP contribution in [0.1, 0.15) is 41.0 Å². The number of carbonyl (C=O) groups is 3. The number of hydrogen-bond acceptors (Lipinski definition) is 4. The summed E-state index contributed by atoms with van der Waals surface area (Å²) in [5.74, 6) is -0.427. The van der Waals surface area contributed by atoms with E-state index in [1.54, 1.807) is 27.7 Å². The lowest BCUT2D eigenvalue weighted by Crippen LogP contribution is -2.60. The van der Waals surface area contributed by atoms with Gasteiger partial charge in [0.15, 0.2) is 0 Å². The first kappa shape index (κ1) is 17.3. The lowest BCUT2D eigenvalue weighted by molar-refractivity contribution is -0.144. The normalized spacial score (nSPS) is 20.5. The maximum Gasteiger partial charge on any atom is 0.408 e. The highest BCUT2D eigenvalue weighted by molar-refractivity contribution is 5.92. The quantitative estimate of drug-likeness (QED) is 0.800. The van der Waals surface area contributed by atoms with Crippen LogP contribution in [-0.4, -0.2) is 53.6 Å². The predicted octanol–water partition coefficient (Wildman–Crippen LogP) is 0.637. The van der Waals surface area contributed by atoms with E-state index in [1.165, 1.54) is 4.90 Å². The number of carbonyl (C=O) groups excluding carboxylic acids is 3. The first-order valence-corrected chi connectivity index (χ1v) is 7.23. The molecule has 2 unspecified atom stereocenters. The molecule has 7 nitrogen and oxygen atoms in total. The second-order valence-corrected chi connectivity index (χ2v) is 6.11. The van der Waals surface area contributed by atoms with Gasteiger partial charge in [0.05, 0.1) is 0 Å². The van der Waals surface area contributed by atoms with Gasteiger partial charge in [0, 0.05) is 13.1 Å². The third kappa shape index (κ3) is 4.91. The van der Waals surface area contributed by atoms with Gasteiger partial charge in [0.25, 0.3) is 0 Å². The summed E-state index contributed by atoms with van der Waals surface area (Å²) in [4.78, 5) is 37.3. The van der Waals surface area contributed by atoms with Crippen LogP contribution in [0.5, 0.6) is 0 Å². The van der Waals surface area contributed by atoms with E-state index >= 15 is 0 Å². The fourth-order valence-electron chi connectivity index (χ4n) is 2.18. The monoisotopic (exact) mass is 299 g/mol. The summed E-state index contributed by atoms with van der Waals surface area (Å²) in [7, 11) is 0. The molecule has 2 N–H and O–H groups in total. The summed E-state index contributed by atoms with van der Waals surface area (Å²) in [5, 5.41) is 5.24. The number of rotatable bonds is 3. The van der Waals surface area contributed by atoms with Crippen LogP contribution in [0.2, 0.25) is 0 Å². The molecule has 1 heterocycles. The van der Waals surface area contributed by atoms with Crippen molar-refractivity contribution < 1.29 is 19.1 Å². The van der Waals surface area contributed by atoms with Gasteiger partial charge in [-0.15, -0.1) is 0 Å². The van der Waals surface area contributed by atoms with Crippen LogP contribution in [0.25, 0.3) is 0 Å².